The van der Waals surface area contributed by atoms with Gasteiger partial charge in [-0.1, -0.05) is 6.42 Å². The van der Waals surface area contributed by atoms with Crippen LogP contribution in [0.5, 0.6) is 0 Å². The summed E-state index contributed by atoms with van der Waals surface area (Å²) in [5, 5.41) is 18.8. The van der Waals surface area contributed by atoms with Gasteiger partial charge in [-0.3, -0.25) is 4.79 Å². The minimum absolute atomic E-state index is 0.0680. The first-order valence-electron chi connectivity index (χ1n) is 6.36. The van der Waals surface area contributed by atoms with Gasteiger partial charge in [0.2, 0.25) is 0 Å². The summed E-state index contributed by atoms with van der Waals surface area (Å²) in [6.07, 6.45) is 4.50. The fourth-order valence-electron chi connectivity index (χ4n) is 3.32. The largest absolute Gasteiger partial charge is 0.481 e. The van der Waals surface area contributed by atoms with Gasteiger partial charge in [0.15, 0.2) is 0 Å². The van der Waals surface area contributed by atoms with Crippen LogP contribution in [-0.4, -0.2) is 41.7 Å². The molecule has 0 aromatic heterocycles. The smallest absolute Gasteiger partial charge is 0.306 e. The van der Waals surface area contributed by atoms with Crippen molar-refractivity contribution < 1.29 is 23.4 Å². The number of sulfone groups is 1. The summed E-state index contributed by atoms with van der Waals surface area (Å²) in [5.74, 6) is -1.40. The van der Waals surface area contributed by atoms with Crippen molar-refractivity contribution in [2.45, 2.75) is 49.4 Å². The topological polar surface area (TPSA) is 91.7 Å². The van der Waals surface area contributed by atoms with Gasteiger partial charge < -0.3 is 10.2 Å². The van der Waals surface area contributed by atoms with Gasteiger partial charge in [0.1, 0.15) is 9.84 Å². The molecule has 2 aliphatic carbocycles. The van der Waals surface area contributed by atoms with Gasteiger partial charge >= 0.3 is 5.97 Å². The van der Waals surface area contributed by atoms with E-state index in [4.69, 9.17) is 5.11 Å². The van der Waals surface area contributed by atoms with Crippen molar-refractivity contribution in [2.24, 2.45) is 11.8 Å². The lowest BCUT2D eigenvalue weighted by atomic mass is 9.61. The number of carboxylic acid groups (broad SMARTS) is 1. The SMILES string of the molecule is CS(=O)(=O)C1CCCC(C2(O)CC(C(=O)O)C2)C1. The molecule has 0 aromatic carbocycles. The molecule has 18 heavy (non-hydrogen) atoms. The number of aliphatic hydroxyl groups is 1. The summed E-state index contributed by atoms with van der Waals surface area (Å²) < 4.78 is 23.1. The molecule has 0 heterocycles. The standard InChI is InChI=1S/C12H20O5S/c1-18(16,17)10-4-2-3-9(5-10)12(15)6-8(7-12)11(13)14/h8-10,15H,2-7H2,1H3,(H,13,14). The zero-order valence-electron chi connectivity index (χ0n) is 10.5. The molecular weight excluding hydrogens is 256 g/mol. The van der Waals surface area contributed by atoms with E-state index in [9.17, 15) is 18.3 Å². The third-order valence-corrected chi connectivity index (χ3v) is 6.18. The van der Waals surface area contributed by atoms with Gasteiger partial charge in [-0.25, -0.2) is 8.42 Å². The van der Waals surface area contributed by atoms with Crippen molar-refractivity contribution in [3.05, 3.63) is 0 Å². The Labute approximate surface area is 107 Å². The summed E-state index contributed by atoms with van der Waals surface area (Å²) in [7, 11) is -3.06. The summed E-state index contributed by atoms with van der Waals surface area (Å²) >= 11 is 0. The van der Waals surface area contributed by atoms with Crippen molar-refractivity contribution in [1.82, 2.24) is 0 Å². The molecule has 104 valence electrons. The molecule has 0 spiro atoms. The number of rotatable bonds is 3. The van der Waals surface area contributed by atoms with E-state index >= 15 is 0 Å². The van der Waals surface area contributed by atoms with Gasteiger partial charge in [0, 0.05) is 6.26 Å². The molecule has 2 fully saturated rings. The molecule has 2 N–H and O–H groups in total. The number of aliphatic carboxylic acids is 1. The Balaban J connectivity index is 2.00. The monoisotopic (exact) mass is 276 g/mol. The summed E-state index contributed by atoms with van der Waals surface area (Å²) in [4.78, 5) is 10.8. The maximum atomic E-state index is 11.6. The van der Waals surface area contributed by atoms with Crippen molar-refractivity contribution in [1.29, 1.82) is 0 Å². The third-order valence-electron chi connectivity index (χ3n) is 4.54. The lowest BCUT2D eigenvalue weighted by Gasteiger charge is -2.49. The lowest BCUT2D eigenvalue weighted by Crippen LogP contribution is -2.54. The molecule has 0 amide bonds. The molecular formula is C12H20O5S. The van der Waals surface area contributed by atoms with Gasteiger partial charge in [0.25, 0.3) is 0 Å². The maximum absolute atomic E-state index is 11.6. The number of carbonyl (C=O) groups is 1. The molecule has 0 radical (unpaired) electrons. The summed E-state index contributed by atoms with van der Waals surface area (Å²) in [6.45, 7) is 0. The Morgan fingerprint density at radius 1 is 1.28 bits per heavy atom. The second-order valence-electron chi connectivity index (χ2n) is 5.86. The molecule has 0 aromatic rings. The van der Waals surface area contributed by atoms with E-state index in [0.717, 1.165) is 12.8 Å². The molecule has 2 unspecified atom stereocenters. The van der Waals surface area contributed by atoms with Crippen molar-refractivity contribution in [3.8, 4) is 0 Å². The van der Waals surface area contributed by atoms with E-state index in [1.54, 1.807) is 0 Å². The lowest BCUT2D eigenvalue weighted by molar-refractivity contribution is -0.168. The molecule has 2 aliphatic rings. The fourth-order valence-corrected chi connectivity index (χ4v) is 4.50. The van der Waals surface area contributed by atoms with Gasteiger partial charge in [-0.05, 0) is 38.0 Å². The second-order valence-corrected chi connectivity index (χ2v) is 8.19. The minimum atomic E-state index is -3.06. The first-order chi connectivity index (χ1) is 8.22. The highest BCUT2D eigenvalue weighted by atomic mass is 32.2. The van der Waals surface area contributed by atoms with Crippen LogP contribution < -0.4 is 0 Å². The zero-order valence-corrected chi connectivity index (χ0v) is 11.3. The van der Waals surface area contributed by atoms with Crippen LogP contribution in [0, 0.1) is 11.8 Å². The molecule has 2 atom stereocenters. The van der Waals surface area contributed by atoms with Crippen LogP contribution in [0.3, 0.4) is 0 Å². The molecule has 2 saturated carbocycles. The summed E-state index contributed by atoms with van der Waals surface area (Å²) in [5.41, 5.74) is -0.952. The quantitative estimate of drug-likeness (QED) is 0.796. The van der Waals surface area contributed by atoms with E-state index in [-0.39, 0.29) is 24.0 Å². The van der Waals surface area contributed by atoms with Crippen molar-refractivity contribution in [2.75, 3.05) is 6.26 Å². The van der Waals surface area contributed by atoms with Crippen molar-refractivity contribution in [3.63, 3.8) is 0 Å². The Hall–Kier alpha value is -0.620. The highest BCUT2D eigenvalue weighted by Crippen LogP contribution is 2.48. The van der Waals surface area contributed by atoms with E-state index in [1.165, 1.54) is 6.26 Å². The van der Waals surface area contributed by atoms with Crippen LogP contribution in [0.1, 0.15) is 38.5 Å². The predicted molar refractivity (Wildman–Crippen MR) is 65.9 cm³/mol. The van der Waals surface area contributed by atoms with Crippen molar-refractivity contribution >= 4 is 15.8 Å². The third kappa shape index (κ3) is 2.54. The Kier molecular flexibility index (Phi) is 3.44. The highest BCUT2D eigenvalue weighted by Gasteiger charge is 2.52. The number of hydrogen-bond acceptors (Lipinski definition) is 4. The molecule has 2 rings (SSSR count). The summed E-state index contributed by atoms with van der Waals surface area (Å²) in [6, 6.07) is 0. The van der Waals surface area contributed by atoms with Gasteiger partial charge in [-0.2, -0.15) is 0 Å². The maximum Gasteiger partial charge on any atom is 0.306 e. The Morgan fingerprint density at radius 2 is 1.89 bits per heavy atom. The zero-order chi connectivity index (χ0) is 13.6. The fraction of sp³-hybridized carbons (Fsp3) is 0.917. The highest BCUT2D eigenvalue weighted by molar-refractivity contribution is 7.91. The molecule has 5 nitrogen and oxygen atoms in total. The van der Waals surface area contributed by atoms with Crippen LogP contribution in [0.2, 0.25) is 0 Å². The van der Waals surface area contributed by atoms with Crippen LogP contribution >= 0.6 is 0 Å². The molecule has 6 heteroatoms. The number of carboxylic acids is 1. The first kappa shape index (κ1) is 13.8. The Morgan fingerprint density at radius 3 is 2.39 bits per heavy atom. The molecule has 0 saturated heterocycles. The van der Waals surface area contributed by atoms with E-state index in [0.29, 0.717) is 12.8 Å². The predicted octanol–water partition coefficient (Wildman–Crippen LogP) is 0.816. The van der Waals surface area contributed by atoms with Crippen LogP contribution in [0.25, 0.3) is 0 Å². The van der Waals surface area contributed by atoms with Gasteiger partial charge in [-0.15, -0.1) is 0 Å². The minimum Gasteiger partial charge on any atom is -0.481 e. The Bertz CT molecular complexity index is 435. The van der Waals surface area contributed by atoms with E-state index in [1.807, 2.05) is 0 Å². The molecule has 0 aliphatic heterocycles. The average molecular weight is 276 g/mol. The second kappa shape index (κ2) is 4.49. The van der Waals surface area contributed by atoms with Crippen LogP contribution in [0.15, 0.2) is 0 Å². The van der Waals surface area contributed by atoms with E-state index < -0.39 is 27.3 Å². The van der Waals surface area contributed by atoms with E-state index in [2.05, 4.69) is 0 Å². The average Bonchev–Trinajstić information content (AvgIpc) is 2.23. The first-order valence-corrected chi connectivity index (χ1v) is 8.32. The van der Waals surface area contributed by atoms with Crippen LogP contribution in [-0.2, 0) is 14.6 Å². The molecule has 0 bridgehead atoms. The van der Waals surface area contributed by atoms with Crippen LogP contribution in [0.4, 0.5) is 0 Å². The number of hydrogen-bond donors (Lipinski definition) is 2. The van der Waals surface area contributed by atoms with Gasteiger partial charge in [0.05, 0.1) is 16.8 Å². The normalized spacial score (nSPS) is 41.1.